The van der Waals surface area contributed by atoms with Crippen molar-refractivity contribution in [2.45, 2.75) is 25.7 Å². The van der Waals surface area contributed by atoms with Gasteiger partial charge in [0.25, 0.3) is 5.91 Å². The van der Waals surface area contributed by atoms with Gasteiger partial charge in [0.1, 0.15) is 5.75 Å². The molecule has 2 heterocycles. The molecule has 7 nitrogen and oxygen atoms in total. The number of amides is 1. The lowest BCUT2D eigenvalue weighted by Gasteiger charge is -2.26. The molecule has 7 heteroatoms. The van der Waals surface area contributed by atoms with E-state index in [9.17, 15) is 4.79 Å². The van der Waals surface area contributed by atoms with Crippen molar-refractivity contribution in [3.8, 4) is 5.75 Å². The van der Waals surface area contributed by atoms with Gasteiger partial charge in [-0.3, -0.25) is 9.78 Å². The first-order valence-electron chi connectivity index (χ1n) is 10.3. The minimum atomic E-state index is -0.518. The molecule has 0 saturated carbocycles. The van der Waals surface area contributed by atoms with E-state index in [-0.39, 0.29) is 5.96 Å². The zero-order valence-electron chi connectivity index (χ0n) is 17.2. The average molecular weight is 408 g/mol. The normalized spacial score (nSPS) is 14.9. The third kappa shape index (κ3) is 6.70. The Morgan fingerprint density at radius 1 is 1.17 bits per heavy atom. The third-order valence-electron chi connectivity index (χ3n) is 4.94. The van der Waals surface area contributed by atoms with Gasteiger partial charge in [0.2, 0.25) is 0 Å². The third-order valence-corrected chi connectivity index (χ3v) is 4.94. The molecule has 1 aliphatic heterocycles. The number of pyridine rings is 1. The summed E-state index contributed by atoms with van der Waals surface area (Å²) in [5.41, 5.74) is 12.6. The van der Waals surface area contributed by atoms with Crippen LogP contribution in [0.2, 0.25) is 0 Å². The Hall–Kier alpha value is -3.19. The Balaban J connectivity index is 1.68. The van der Waals surface area contributed by atoms with Crippen LogP contribution in [0.3, 0.4) is 0 Å². The predicted octanol–water partition coefficient (Wildman–Crippen LogP) is 2.68. The summed E-state index contributed by atoms with van der Waals surface area (Å²) in [5, 5.41) is 0. The summed E-state index contributed by atoms with van der Waals surface area (Å²) in [4.78, 5) is 22.8. The van der Waals surface area contributed by atoms with Gasteiger partial charge in [0.15, 0.2) is 5.96 Å². The summed E-state index contributed by atoms with van der Waals surface area (Å²) in [6, 6.07) is 11.2. The number of rotatable bonds is 8. The van der Waals surface area contributed by atoms with E-state index in [1.807, 2.05) is 24.3 Å². The molecular formula is C23H29N5O2. The number of guanidine groups is 1. The first kappa shape index (κ1) is 21.5. The van der Waals surface area contributed by atoms with E-state index in [4.69, 9.17) is 16.2 Å². The van der Waals surface area contributed by atoms with Crippen LogP contribution in [0, 0.1) is 0 Å². The molecule has 1 aromatic heterocycles. The van der Waals surface area contributed by atoms with Gasteiger partial charge in [-0.1, -0.05) is 24.6 Å². The zero-order valence-corrected chi connectivity index (χ0v) is 17.2. The van der Waals surface area contributed by atoms with Crippen molar-refractivity contribution in [3.63, 3.8) is 0 Å². The largest absolute Gasteiger partial charge is 0.494 e. The summed E-state index contributed by atoms with van der Waals surface area (Å²) < 4.78 is 5.93. The van der Waals surface area contributed by atoms with E-state index in [1.165, 1.54) is 32.4 Å². The van der Waals surface area contributed by atoms with Crippen molar-refractivity contribution in [2.24, 2.45) is 16.5 Å². The molecule has 2 aromatic rings. The van der Waals surface area contributed by atoms with Gasteiger partial charge in [-0.15, -0.1) is 0 Å². The monoisotopic (exact) mass is 407 g/mol. The summed E-state index contributed by atoms with van der Waals surface area (Å²) in [6.07, 6.45) is 9.92. The second-order valence-corrected chi connectivity index (χ2v) is 7.32. The number of hydrogen-bond acceptors (Lipinski definition) is 4. The fraction of sp³-hybridized carbons (Fsp3) is 0.348. The number of nitrogens with two attached hydrogens (primary N) is 2. The maximum atomic E-state index is 12.5. The van der Waals surface area contributed by atoms with Crippen molar-refractivity contribution in [1.82, 2.24) is 9.88 Å². The van der Waals surface area contributed by atoms with Crippen molar-refractivity contribution in [2.75, 3.05) is 26.2 Å². The number of benzene rings is 1. The van der Waals surface area contributed by atoms with Crippen LogP contribution in [0.15, 0.2) is 53.8 Å². The predicted molar refractivity (Wildman–Crippen MR) is 120 cm³/mol. The molecule has 0 spiro atoms. The van der Waals surface area contributed by atoms with Crippen LogP contribution in [0.1, 0.15) is 36.8 Å². The summed E-state index contributed by atoms with van der Waals surface area (Å²) in [5.74, 6) is -0.0290. The van der Waals surface area contributed by atoms with E-state index >= 15 is 0 Å². The molecule has 1 aliphatic rings. The van der Waals surface area contributed by atoms with E-state index in [2.05, 4.69) is 14.9 Å². The second-order valence-electron chi connectivity index (χ2n) is 7.32. The molecule has 0 unspecified atom stereocenters. The SMILES string of the molecule is NC(N)=NC(=O)/C(=C/c1cccc(OCCCN2CCCCC2)c1)c1cccnc1. The topological polar surface area (TPSA) is 107 Å². The fourth-order valence-electron chi connectivity index (χ4n) is 3.49. The fourth-order valence-corrected chi connectivity index (χ4v) is 3.49. The van der Waals surface area contributed by atoms with E-state index in [0.29, 0.717) is 17.7 Å². The van der Waals surface area contributed by atoms with Gasteiger partial charge in [0.05, 0.1) is 12.2 Å². The molecule has 0 atom stereocenters. The number of aliphatic imine (C=N–C) groups is 1. The number of aromatic nitrogens is 1. The zero-order chi connectivity index (χ0) is 21.2. The maximum Gasteiger partial charge on any atom is 0.280 e. The minimum absolute atomic E-state index is 0.277. The van der Waals surface area contributed by atoms with Gasteiger partial charge in [-0.25, -0.2) is 0 Å². The number of hydrogen-bond donors (Lipinski definition) is 2. The smallest absolute Gasteiger partial charge is 0.280 e. The van der Waals surface area contributed by atoms with Crippen LogP contribution >= 0.6 is 0 Å². The number of likely N-dealkylation sites (tertiary alicyclic amines) is 1. The molecular weight excluding hydrogens is 378 g/mol. The molecule has 0 bridgehead atoms. The maximum absolute atomic E-state index is 12.5. The van der Waals surface area contributed by atoms with E-state index in [0.717, 1.165) is 24.3 Å². The van der Waals surface area contributed by atoms with Crippen LogP contribution in [0.5, 0.6) is 5.75 Å². The van der Waals surface area contributed by atoms with Crippen LogP contribution in [-0.4, -0.2) is 48.0 Å². The van der Waals surface area contributed by atoms with Gasteiger partial charge >= 0.3 is 0 Å². The van der Waals surface area contributed by atoms with Gasteiger partial charge in [0, 0.05) is 24.5 Å². The number of piperidine rings is 1. The summed E-state index contributed by atoms with van der Waals surface area (Å²) in [7, 11) is 0. The molecule has 4 N–H and O–H groups in total. The lowest BCUT2D eigenvalue weighted by Crippen LogP contribution is -2.31. The molecule has 1 saturated heterocycles. The van der Waals surface area contributed by atoms with E-state index < -0.39 is 5.91 Å². The Kier molecular flexibility index (Phi) is 7.97. The van der Waals surface area contributed by atoms with Gasteiger partial charge in [-0.05, 0) is 62.2 Å². The van der Waals surface area contributed by atoms with Crippen LogP contribution in [0.25, 0.3) is 11.6 Å². The quantitative estimate of drug-likeness (QED) is 0.302. The Bertz CT molecular complexity index is 885. The number of carbonyl (C=O) groups is 1. The molecule has 1 fully saturated rings. The highest BCUT2D eigenvalue weighted by Crippen LogP contribution is 2.22. The molecule has 158 valence electrons. The van der Waals surface area contributed by atoms with Crippen molar-refractivity contribution < 1.29 is 9.53 Å². The van der Waals surface area contributed by atoms with Crippen molar-refractivity contribution in [1.29, 1.82) is 0 Å². The number of carbonyl (C=O) groups excluding carboxylic acids is 1. The molecule has 30 heavy (non-hydrogen) atoms. The van der Waals surface area contributed by atoms with Gasteiger partial charge < -0.3 is 21.1 Å². The summed E-state index contributed by atoms with van der Waals surface area (Å²) >= 11 is 0. The highest BCUT2D eigenvalue weighted by atomic mass is 16.5. The highest BCUT2D eigenvalue weighted by molar-refractivity contribution is 6.26. The average Bonchev–Trinajstić information content (AvgIpc) is 2.76. The van der Waals surface area contributed by atoms with E-state index in [1.54, 1.807) is 30.6 Å². The lowest BCUT2D eigenvalue weighted by molar-refractivity contribution is -0.112. The number of ether oxygens (including phenoxy) is 1. The molecule has 0 aliphatic carbocycles. The Morgan fingerprint density at radius 3 is 2.73 bits per heavy atom. The summed E-state index contributed by atoms with van der Waals surface area (Å²) in [6.45, 7) is 4.12. The van der Waals surface area contributed by atoms with Crippen LogP contribution < -0.4 is 16.2 Å². The van der Waals surface area contributed by atoms with Gasteiger partial charge in [-0.2, -0.15) is 4.99 Å². The standard InChI is InChI=1S/C23H29N5O2/c24-23(25)27-22(29)21(19-8-5-10-26-17-19)16-18-7-4-9-20(15-18)30-14-6-13-28-11-2-1-3-12-28/h4-5,7-10,15-17H,1-3,6,11-14H2,(H4,24,25,27,29)/b21-16+. The minimum Gasteiger partial charge on any atom is -0.494 e. The molecule has 0 radical (unpaired) electrons. The molecule has 1 amide bonds. The van der Waals surface area contributed by atoms with Crippen molar-refractivity contribution in [3.05, 3.63) is 59.9 Å². The van der Waals surface area contributed by atoms with Crippen LogP contribution in [-0.2, 0) is 4.79 Å². The second kappa shape index (κ2) is 11.1. The highest BCUT2D eigenvalue weighted by Gasteiger charge is 2.13. The van der Waals surface area contributed by atoms with Crippen LogP contribution in [0.4, 0.5) is 0 Å². The Labute approximate surface area is 177 Å². The first-order valence-corrected chi connectivity index (χ1v) is 10.3. The lowest BCUT2D eigenvalue weighted by atomic mass is 10.0. The Morgan fingerprint density at radius 2 is 2.00 bits per heavy atom. The molecule has 1 aromatic carbocycles. The number of nitrogens with zero attached hydrogens (tertiary/aromatic N) is 3. The first-order chi connectivity index (χ1) is 14.6. The molecule has 3 rings (SSSR count). The van der Waals surface area contributed by atoms with Crippen molar-refractivity contribution >= 4 is 23.5 Å².